The lowest BCUT2D eigenvalue weighted by Crippen LogP contribution is -2.12. The van der Waals surface area contributed by atoms with E-state index >= 15 is 0 Å². The van der Waals surface area contributed by atoms with Crippen molar-refractivity contribution in [3.05, 3.63) is 58.4 Å². The van der Waals surface area contributed by atoms with Crippen molar-refractivity contribution >= 4 is 17.9 Å². The largest absolute Gasteiger partial charge is 0.461 e. The van der Waals surface area contributed by atoms with Crippen molar-refractivity contribution in [3.8, 4) is 0 Å². The predicted octanol–water partition coefficient (Wildman–Crippen LogP) is 5.26. The molecule has 2 N–H and O–H groups in total. The SMILES string of the molecule is CCOC(=O)c1nccc(N)c1C=NC(C)c1ccc(CCC(F)C(C)C)c(C)c1. The van der Waals surface area contributed by atoms with Gasteiger partial charge in [-0.3, -0.25) is 4.99 Å². The summed E-state index contributed by atoms with van der Waals surface area (Å²) in [6, 6.07) is 7.64. The van der Waals surface area contributed by atoms with Crippen molar-refractivity contribution < 1.29 is 13.9 Å². The number of esters is 1. The lowest BCUT2D eigenvalue weighted by Gasteiger charge is -2.14. The Morgan fingerprint density at radius 2 is 2.03 bits per heavy atom. The Balaban J connectivity index is 2.17. The van der Waals surface area contributed by atoms with Crippen molar-refractivity contribution in [3.63, 3.8) is 0 Å². The Hall–Kier alpha value is -2.76. The molecule has 0 saturated carbocycles. The van der Waals surface area contributed by atoms with Crippen molar-refractivity contribution in [2.24, 2.45) is 10.9 Å². The summed E-state index contributed by atoms with van der Waals surface area (Å²) < 4.78 is 19.0. The molecule has 5 nitrogen and oxygen atoms in total. The van der Waals surface area contributed by atoms with Crippen LogP contribution in [-0.4, -0.2) is 29.9 Å². The van der Waals surface area contributed by atoms with Gasteiger partial charge in [0, 0.05) is 23.7 Å². The molecular weight excluding hydrogens is 381 g/mol. The lowest BCUT2D eigenvalue weighted by atomic mass is 9.95. The minimum absolute atomic E-state index is 0.0401. The summed E-state index contributed by atoms with van der Waals surface area (Å²) in [5.74, 6) is -0.481. The number of rotatable bonds is 9. The number of aliphatic imine (C=N–C) groups is 1. The van der Waals surface area contributed by atoms with E-state index in [2.05, 4.69) is 16.0 Å². The second-order valence-corrected chi connectivity index (χ2v) is 7.82. The highest BCUT2D eigenvalue weighted by molar-refractivity contribution is 6.01. The highest BCUT2D eigenvalue weighted by atomic mass is 19.1. The number of nitrogens with two attached hydrogens (primary N) is 1. The fourth-order valence-corrected chi connectivity index (χ4v) is 3.14. The summed E-state index contributed by atoms with van der Waals surface area (Å²) in [7, 11) is 0. The van der Waals surface area contributed by atoms with Crippen molar-refractivity contribution in [1.29, 1.82) is 0 Å². The molecule has 2 unspecified atom stereocenters. The zero-order chi connectivity index (χ0) is 22.3. The second kappa shape index (κ2) is 10.9. The molecule has 6 heteroatoms. The molecule has 0 spiro atoms. The van der Waals surface area contributed by atoms with Crippen LogP contribution in [0, 0.1) is 12.8 Å². The van der Waals surface area contributed by atoms with E-state index in [-0.39, 0.29) is 24.3 Å². The number of anilines is 1. The van der Waals surface area contributed by atoms with E-state index in [0.717, 1.165) is 23.1 Å². The van der Waals surface area contributed by atoms with Crippen LogP contribution >= 0.6 is 0 Å². The van der Waals surface area contributed by atoms with Crippen LogP contribution in [0.5, 0.6) is 0 Å². The molecule has 0 aliphatic carbocycles. The molecule has 0 fully saturated rings. The zero-order valence-corrected chi connectivity index (χ0v) is 18.5. The van der Waals surface area contributed by atoms with Gasteiger partial charge in [0.05, 0.1) is 12.6 Å². The third kappa shape index (κ3) is 6.12. The van der Waals surface area contributed by atoms with Gasteiger partial charge >= 0.3 is 5.97 Å². The number of hydrogen-bond acceptors (Lipinski definition) is 5. The number of alkyl halides is 1. The average molecular weight is 414 g/mol. The Bertz CT molecular complexity index is 896. The van der Waals surface area contributed by atoms with Gasteiger partial charge in [-0.25, -0.2) is 14.2 Å². The monoisotopic (exact) mass is 413 g/mol. The number of ether oxygens (including phenoxy) is 1. The Labute approximate surface area is 178 Å². The van der Waals surface area contributed by atoms with Gasteiger partial charge in [-0.2, -0.15) is 0 Å². The molecule has 0 saturated heterocycles. The number of halogens is 1. The van der Waals surface area contributed by atoms with Crippen LogP contribution in [0.3, 0.4) is 0 Å². The fourth-order valence-electron chi connectivity index (χ4n) is 3.14. The maximum atomic E-state index is 13.9. The second-order valence-electron chi connectivity index (χ2n) is 7.82. The van der Waals surface area contributed by atoms with Gasteiger partial charge in [0.25, 0.3) is 0 Å². The maximum absolute atomic E-state index is 13.9. The number of hydrogen-bond donors (Lipinski definition) is 1. The van der Waals surface area contributed by atoms with Gasteiger partial charge < -0.3 is 10.5 Å². The van der Waals surface area contributed by atoms with Crippen LogP contribution in [0.4, 0.5) is 10.1 Å². The summed E-state index contributed by atoms with van der Waals surface area (Å²) in [5, 5.41) is 0. The number of nitrogen functional groups attached to an aromatic ring is 1. The molecule has 0 aliphatic heterocycles. The van der Waals surface area contributed by atoms with Gasteiger partial charge in [0.15, 0.2) is 5.69 Å². The molecule has 162 valence electrons. The van der Waals surface area contributed by atoms with E-state index in [0.29, 0.717) is 17.7 Å². The van der Waals surface area contributed by atoms with E-state index in [1.54, 1.807) is 19.2 Å². The van der Waals surface area contributed by atoms with Gasteiger partial charge in [-0.1, -0.05) is 32.0 Å². The molecule has 0 aliphatic rings. The highest BCUT2D eigenvalue weighted by Gasteiger charge is 2.16. The third-order valence-corrected chi connectivity index (χ3v) is 5.18. The number of carbonyl (C=O) groups is 1. The van der Waals surface area contributed by atoms with E-state index in [4.69, 9.17) is 10.5 Å². The first-order valence-corrected chi connectivity index (χ1v) is 10.4. The summed E-state index contributed by atoms with van der Waals surface area (Å²) in [6.45, 7) is 9.82. The van der Waals surface area contributed by atoms with Gasteiger partial charge in [-0.15, -0.1) is 0 Å². The minimum atomic E-state index is -0.786. The molecular formula is C24H32FN3O2. The van der Waals surface area contributed by atoms with Crippen LogP contribution in [0.2, 0.25) is 0 Å². The number of aromatic nitrogens is 1. The number of nitrogens with zero attached hydrogens (tertiary/aromatic N) is 2. The van der Waals surface area contributed by atoms with Crippen LogP contribution in [0.15, 0.2) is 35.5 Å². The van der Waals surface area contributed by atoms with E-state index in [1.807, 2.05) is 39.8 Å². The molecule has 2 rings (SSSR count). The molecule has 30 heavy (non-hydrogen) atoms. The van der Waals surface area contributed by atoms with Crippen molar-refractivity contribution in [2.75, 3.05) is 12.3 Å². The van der Waals surface area contributed by atoms with Crippen LogP contribution in [0.25, 0.3) is 0 Å². The molecule has 0 bridgehead atoms. The summed E-state index contributed by atoms with van der Waals surface area (Å²) in [6.07, 6.45) is 3.52. The molecule has 1 aromatic carbocycles. The van der Waals surface area contributed by atoms with E-state index in [9.17, 15) is 9.18 Å². The Morgan fingerprint density at radius 1 is 1.30 bits per heavy atom. The van der Waals surface area contributed by atoms with E-state index < -0.39 is 12.1 Å². The summed E-state index contributed by atoms with van der Waals surface area (Å²) >= 11 is 0. The molecule has 0 amide bonds. The topological polar surface area (TPSA) is 77.6 Å². The molecule has 1 aromatic heterocycles. The quantitative estimate of drug-likeness (QED) is 0.449. The van der Waals surface area contributed by atoms with E-state index in [1.165, 1.54) is 6.20 Å². The number of aryl methyl sites for hydroxylation is 2. The third-order valence-electron chi connectivity index (χ3n) is 5.18. The van der Waals surface area contributed by atoms with Crippen LogP contribution < -0.4 is 5.73 Å². The lowest BCUT2D eigenvalue weighted by molar-refractivity contribution is 0.0519. The first-order valence-electron chi connectivity index (χ1n) is 10.4. The molecule has 1 heterocycles. The number of pyridine rings is 1. The zero-order valence-electron chi connectivity index (χ0n) is 18.5. The van der Waals surface area contributed by atoms with Gasteiger partial charge in [0.1, 0.15) is 6.17 Å². The number of carbonyl (C=O) groups excluding carboxylic acids is 1. The first kappa shape index (κ1) is 23.5. The summed E-state index contributed by atoms with van der Waals surface area (Å²) in [4.78, 5) is 20.8. The Kier molecular flexibility index (Phi) is 8.51. The van der Waals surface area contributed by atoms with Crippen LogP contribution in [-0.2, 0) is 11.2 Å². The smallest absolute Gasteiger partial charge is 0.357 e. The summed E-state index contributed by atoms with van der Waals surface area (Å²) in [5.41, 5.74) is 10.4. The van der Waals surface area contributed by atoms with Crippen LogP contribution in [0.1, 0.15) is 72.9 Å². The molecule has 2 aromatic rings. The predicted molar refractivity (Wildman–Crippen MR) is 120 cm³/mol. The standard InChI is InChI=1S/C24H32FN3O2/c1-6-30-24(29)23-20(22(26)11-12-27-23)14-28-17(5)19-8-7-18(16(4)13-19)9-10-21(25)15(2)3/h7-8,11-15,17,21H,6,9-10H2,1-5H3,(H2,26,27). The number of benzene rings is 1. The van der Waals surface area contributed by atoms with Gasteiger partial charge in [0.2, 0.25) is 0 Å². The highest BCUT2D eigenvalue weighted by Crippen LogP contribution is 2.23. The normalized spacial score (nSPS) is 13.6. The maximum Gasteiger partial charge on any atom is 0.357 e. The fraction of sp³-hybridized carbons (Fsp3) is 0.458. The van der Waals surface area contributed by atoms with Gasteiger partial charge in [-0.05, 0) is 62.3 Å². The molecule has 0 radical (unpaired) electrons. The van der Waals surface area contributed by atoms with Crippen molar-refractivity contribution in [2.45, 2.75) is 59.7 Å². The van der Waals surface area contributed by atoms with Crippen molar-refractivity contribution in [1.82, 2.24) is 4.98 Å². The average Bonchev–Trinajstić information content (AvgIpc) is 2.71. The first-order chi connectivity index (χ1) is 14.2. The Morgan fingerprint density at radius 3 is 2.67 bits per heavy atom. The minimum Gasteiger partial charge on any atom is -0.461 e. The molecule has 2 atom stereocenters.